The summed E-state index contributed by atoms with van der Waals surface area (Å²) >= 11 is 0. The Morgan fingerprint density at radius 1 is 1.47 bits per heavy atom. The summed E-state index contributed by atoms with van der Waals surface area (Å²) in [5, 5.41) is 8.16. The summed E-state index contributed by atoms with van der Waals surface area (Å²) in [6, 6.07) is 0.658. The third-order valence-corrected chi connectivity index (χ3v) is 3.56. The van der Waals surface area contributed by atoms with E-state index in [1.54, 1.807) is 0 Å². The van der Waals surface area contributed by atoms with Crippen molar-refractivity contribution in [2.24, 2.45) is 5.73 Å². The molecule has 0 radical (unpaired) electrons. The van der Waals surface area contributed by atoms with Gasteiger partial charge in [0.1, 0.15) is 5.82 Å². The lowest BCUT2D eigenvalue weighted by Crippen LogP contribution is -2.36. The molecule has 2 N–H and O–H groups in total. The fraction of sp³-hybridized carbons (Fsp3) is 0.833. The number of hydrogen-bond acceptors (Lipinski definition) is 4. The SMILES string of the molecule is CCn1nncc1N(CCCN)C1CCCC1. The zero-order valence-corrected chi connectivity index (χ0v) is 10.7. The zero-order valence-electron chi connectivity index (χ0n) is 10.7. The van der Waals surface area contributed by atoms with Crippen molar-refractivity contribution in [1.82, 2.24) is 15.0 Å². The molecule has 96 valence electrons. The summed E-state index contributed by atoms with van der Waals surface area (Å²) in [4.78, 5) is 2.46. The van der Waals surface area contributed by atoms with Gasteiger partial charge in [0.15, 0.2) is 0 Å². The average molecular weight is 237 g/mol. The van der Waals surface area contributed by atoms with Crippen molar-refractivity contribution in [1.29, 1.82) is 0 Å². The average Bonchev–Trinajstić information content (AvgIpc) is 3.00. The Kier molecular flexibility index (Phi) is 4.36. The van der Waals surface area contributed by atoms with Crippen LogP contribution in [0.3, 0.4) is 0 Å². The topological polar surface area (TPSA) is 60.0 Å². The maximum absolute atomic E-state index is 5.63. The number of anilines is 1. The molecule has 1 heterocycles. The number of hydrogen-bond donors (Lipinski definition) is 1. The van der Waals surface area contributed by atoms with Crippen molar-refractivity contribution in [3.63, 3.8) is 0 Å². The van der Waals surface area contributed by atoms with Crippen LogP contribution in [-0.4, -0.2) is 34.1 Å². The molecule has 2 rings (SSSR count). The Balaban J connectivity index is 2.13. The maximum Gasteiger partial charge on any atom is 0.147 e. The first-order valence-corrected chi connectivity index (χ1v) is 6.72. The molecule has 0 amide bonds. The quantitative estimate of drug-likeness (QED) is 0.812. The van der Waals surface area contributed by atoms with Crippen molar-refractivity contribution in [2.45, 2.75) is 51.6 Å². The van der Waals surface area contributed by atoms with Gasteiger partial charge in [0.05, 0.1) is 6.20 Å². The number of aryl methyl sites for hydroxylation is 1. The molecular weight excluding hydrogens is 214 g/mol. The molecule has 1 aromatic rings. The predicted octanol–water partition coefficient (Wildman–Crippen LogP) is 1.40. The summed E-state index contributed by atoms with van der Waals surface area (Å²) in [5.41, 5.74) is 5.63. The van der Waals surface area contributed by atoms with E-state index in [4.69, 9.17) is 5.73 Å². The molecule has 1 aromatic heterocycles. The Hall–Kier alpha value is -1.10. The molecule has 0 saturated heterocycles. The summed E-state index contributed by atoms with van der Waals surface area (Å²) in [6.45, 7) is 4.75. The molecule has 0 spiro atoms. The number of nitrogens with two attached hydrogens (primary N) is 1. The highest BCUT2D eigenvalue weighted by Gasteiger charge is 2.24. The standard InChI is InChI=1S/C12H23N5/c1-2-17-12(10-14-15-17)16(9-5-8-13)11-6-3-4-7-11/h10-11H,2-9,13H2,1H3. The summed E-state index contributed by atoms with van der Waals surface area (Å²) < 4.78 is 1.98. The first-order chi connectivity index (χ1) is 8.36. The van der Waals surface area contributed by atoms with E-state index in [1.807, 2.05) is 10.9 Å². The van der Waals surface area contributed by atoms with Crippen LogP contribution in [0.1, 0.15) is 39.0 Å². The van der Waals surface area contributed by atoms with Crippen LogP contribution in [0.2, 0.25) is 0 Å². The number of nitrogens with zero attached hydrogens (tertiary/aromatic N) is 4. The van der Waals surface area contributed by atoms with Gasteiger partial charge in [-0.15, -0.1) is 5.10 Å². The second kappa shape index (κ2) is 6.00. The van der Waals surface area contributed by atoms with E-state index < -0.39 is 0 Å². The minimum atomic E-state index is 0.658. The lowest BCUT2D eigenvalue weighted by Gasteiger charge is -2.30. The van der Waals surface area contributed by atoms with Crippen LogP contribution in [0.15, 0.2) is 6.20 Å². The molecule has 1 aliphatic carbocycles. The normalized spacial score (nSPS) is 16.6. The molecule has 0 bridgehead atoms. The highest BCUT2D eigenvalue weighted by molar-refractivity contribution is 5.37. The first kappa shape index (κ1) is 12.4. The predicted molar refractivity (Wildman–Crippen MR) is 69.0 cm³/mol. The largest absolute Gasteiger partial charge is 0.352 e. The third kappa shape index (κ3) is 2.77. The number of rotatable bonds is 6. The van der Waals surface area contributed by atoms with Gasteiger partial charge in [-0.1, -0.05) is 18.1 Å². The van der Waals surface area contributed by atoms with Crippen LogP contribution in [0.4, 0.5) is 5.82 Å². The molecule has 5 nitrogen and oxygen atoms in total. The fourth-order valence-electron chi connectivity index (χ4n) is 2.66. The van der Waals surface area contributed by atoms with Crippen LogP contribution in [0, 0.1) is 0 Å². The highest BCUT2D eigenvalue weighted by Crippen LogP contribution is 2.27. The third-order valence-electron chi connectivity index (χ3n) is 3.56. The lowest BCUT2D eigenvalue weighted by atomic mass is 10.2. The molecule has 1 saturated carbocycles. The molecule has 0 aliphatic heterocycles. The second-order valence-electron chi connectivity index (χ2n) is 4.68. The molecule has 0 atom stereocenters. The summed E-state index contributed by atoms with van der Waals surface area (Å²) in [6.07, 6.45) is 8.19. The van der Waals surface area contributed by atoms with Gasteiger partial charge in [-0.25, -0.2) is 4.68 Å². The van der Waals surface area contributed by atoms with E-state index in [0.29, 0.717) is 6.04 Å². The van der Waals surface area contributed by atoms with Gasteiger partial charge >= 0.3 is 0 Å². The van der Waals surface area contributed by atoms with E-state index in [0.717, 1.165) is 31.9 Å². The van der Waals surface area contributed by atoms with Gasteiger partial charge < -0.3 is 10.6 Å². The van der Waals surface area contributed by atoms with Gasteiger partial charge in [0.2, 0.25) is 0 Å². The van der Waals surface area contributed by atoms with Crippen molar-refractivity contribution in [2.75, 3.05) is 18.0 Å². The van der Waals surface area contributed by atoms with Crippen LogP contribution in [0.25, 0.3) is 0 Å². The Labute approximate surface area is 103 Å². The Morgan fingerprint density at radius 3 is 2.88 bits per heavy atom. The minimum absolute atomic E-state index is 0.658. The molecular formula is C12H23N5. The zero-order chi connectivity index (χ0) is 12.1. The van der Waals surface area contributed by atoms with Gasteiger partial charge in [-0.3, -0.25) is 0 Å². The van der Waals surface area contributed by atoms with Crippen molar-refractivity contribution in [3.8, 4) is 0 Å². The molecule has 0 aromatic carbocycles. The van der Waals surface area contributed by atoms with Crippen molar-refractivity contribution in [3.05, 3.63) is 6.20 Å². The van der Waals surface area contributed by atoms with Gasteiger partial charge in [-0.05, 0) is 32.7 Å². The molecule has 1 fully saturated rings. The van der Waals surface area contributed by atoms with E-state index in [1.165, 1.54) is 25.7 Å². The lowest BCUT2D eigenvalue weighted by molar-refractivity contribution is 0.549. The molecule has 5 heteroatoms. The Morgan fingerprint density at radius 2 is 2.24 bits per heavy atom. The smallest absolute Gasteiger partial charge is 0.147 e. The van der Waals surface area contributed by atoms with E-state index >= 15 is 0 Å². The van der Waals surface area contributed by atoms with Crippen molar-refractivity contribution < 1.29 is 0 Å². The molecule has 0 unspecified atom stereocenters. The minimum Gasteiger partial charge on any atom is -0.352 e. The maximum atomic E-state index is 5.63. The monoisotopic (exact) mass is 237 g/mol. The number of aromatic nitrogens is 3. The molecule has 17 heavy (non-hydrogen) atoms. The van der Waals surface area contributed by atoms with Crippen LogP contribution in [-0.2, 0) is 6.54 Å². The summed E-state index contributed by atoms with van der Waals surface area (Å²) in [5.74, 6) is 1.16. The first-order valence-electron chi connectivity index (χ1n) is 6.72. The van der Waals surface area contributed by atoms with Gasteiger partial charge in [0.25, 0.3) is 0 Å². The highest BCUT2D eigenvalue weighted by atomic mass is 15.5. The van der Waals surface area contributed by atoms with E-state index in [9.17, 15) is 0 Å². The van der Waals surface area contributed by atoms with Crippen LogP contribution >= 0.6 is 0 Å². The summed E-state index contributed by atoms with van der Waals surface area (Å²) in [7, 11) is 0. The van der Waals surface area contributed by atoms with E-state index in [2.05, 4.69) is 22.1 Å². The van der Waals surface area contributed by atoms with Crippen LogP contribution in [0.5, 0.6) is 0 Å². The van der Waals surface area contributed by atoms with Gasteiger partial charge in [-0.2, -0.15) is 0 Å². The van der Waals surface area contributed by atoms with Crippen LogP contribution < -0.4 is 10.6 Å². The Bertz CT molecular complexity index is 329. The molecule has 1 aliphatic rings. The van der Waals surface area contributed by atoms with E-state index in [-0.39, 0.29) is 0 Å². The second-order valence-corrected chi connectivity index (χ2v) is 4.68. The fourth-order valence-corrected chi connectivity index (χ4v) is 2.66. The van der Waals surface area contributed by atoms with Gasteiger partial charge in [0, 0.05) is 19.1 Å². The van der Waals surface area contributed by atoms with Crippen molar-refractivity contribution >= 4 is 5.82 Å².